The number of aromatic nitrogens is 4. The van der Waals surface area contributed by atoms with Crippen molar-refractivity contribution in [2.24, 2.45) is 0 Å². The number of nitrogens with one attached hydrogen (secondary N) is 2. The van der Waals surface area contributed by atoms with Gasteiger partial charge in [-0.3, -0.25) is 5.41 Å². The quantitative estimate of drug-likeness (QED) is 0.457. The first kappa shape index (κ1) is 19.5. The first-order valence-electron chi connectivity index (χ1n) is 8.34. The number of halogens is 5. The molecular weight excluding hydrogens is 426 g/mol. The smallest absolute Gasteiger partial charge is 0.334 e. The summed E-state index contributed by atoms with van der Waals surface area (Å²) >= 11 is 12.5. The highest BCUT2D eigenvalue weighted by molar-refractivity contribution is 6.36. The molecule has 10 heteroatoms. The zero-order valence-corrected chi connectivity index (χ0v) is 16.1. The molecule has 4 aromatic rings. The zero-order chi connectivity index (χ0) is 20.8. The summed E-state index contributed by atoms with van der Waals surface area (Å²) in [5.74, 6) is 0.201. The van der Waals surface area contributed by atoms with E-state index in [1.807, 2.05) is 0 Å². The Labute approximate surface area is 172 Å². The van der Waals surface area contributed by atoms with Gasteiger partial charge in [-0.1, -0.05) is 41.4 Å². The second-order valence-corrected chi connectivity index (χ2v) is 7.10. The molecule has 0 amide bonds. The molecule has 2 heterocycles. The van der Waals surface area contributed by atoms with Crippen LogP contribution in [0.1, 0.15) is 11.1 Å². The number of hydrogen-bond acceptors (Lipinski definition) is 3. The lowest BCUT2D eigenvalue weighted by atomic mass is 10.1. The van der Waals surface area contributed by atoms with Crippen LogP contribution in [0.4, 0.5) is 13.2 Å². The maximum Gasteiger partial charge on any atom is 0.416 e. The van der Waals surface area contributed by atoms with E-state index in [9.17, 15) is 13.2 Å². The van der Waals surface area contributed by atoms with Crippen molar-refractivity contribution in [1.29, 1.82) is 5.41 Å². The Morgan fingerprint density at radius 3 is 2.45 bits per heavy atom. The van der Waals surface area contributed by atoms with Gasteiger partial charge >= 0.3 is 6.18 Å². The molecule has 0 unspecified atom stereocenters. The van der Waals surface area contributed by atoms with E-state index in [-0.39, 0.29) is 23.4 Å². The second-order valence-electron chi connectivity index (χ2n) is 6.28. The number of nitrogens with zero attached hydrogens (tertiary/aromatic N) is 3. The highest BCUT2D eigenvalue weighted by Crippen LogP contribution is 2.32. The lowest BCUT2D eigenvalue weighted by Crippen LogP contribution is -2.13. The summed E-state index contributed by atoms with van der Waals surface area (Å²) in [6.07, 6.45) is -3.05. The molecule has 5 nitrogen and oxygen atoms in total. The van der Waals surface area contributed by atoms with Crippen molar-refractivity contribution in [2.45, 2.75) is 12.7 Å². The van der Waals surface area contributed by atoms with E-state index in [2.05, 4.69) is 15.0 Å². The fourth-order valence-electron chi connectivity index (χ4n) is 2.93. The number of alkyl halides is 3. The Morgan fingerprint density at radius 1 is 1.07 bits per heavy atom. The third-order valence-corrected chi connectivity index (χ3v) is 5.08. The molecular formula is C19H12Cl2F3N5. The number of imidazole rings is 1. The minimum Gasteiger partial charge on any atom is -0.334 e. The molecule has 0 fully saturated rings. The van der Waals surface area contributed by atoms with Gasteiger partial charge in [-0.15, -0.1) is 0 Å². The van der Waals surface area contributed by atoms with Crippen LogP contribution in [0.3, 0.4) is 0 Å². The lowest BCUT2D eigenvalue weighted by Gasteiger charge is -2.10. The van der Waals surface area contributed by atoms with Crippen LogP contribution in [0.2, 0.25) is 10.0 Å². The molecule has 0 saturated carbocycles. The second kappa shape index (κ2) is 7.20. The largest absolute Gasteiger partial charge is 0.416 e. The zero-order valence-electron chi connectivity index (χ0n) is 14.6. The van der Waals surface area contributed by atoms with Gasteiger partial charge < -0.3 is 9.55 Å². The molecule has 0 bridgehead atoms. The van der Waals surface area contributed by atoms with Gasteiger partial charge in [-0.25, -0.2) is 9.97 Å². The summed E-state index contributed by atoms with van der Waals surface area (Å²) in [7, 11) is 0. The lowest BCUT2D eigenvalue weighted by molar-refractivity contribution is -0.137. The summed E-state index contributed by atoms with van der Waals surface area (Å²) in [5, 5.41) is 8.93. The molecule has 0 atom stereocenters. The van der Waals surface area contributed by atoms with Crippen LogP contribution in [0.15, 0.2) is 48.8 Å². The Kier molecular flexibility index (Phi) is 4.84. The van der Waals surface area contributed by atoms with E-state index in [1.54, 1.807) is 22.8 Å². The minimum atomic E-state index is -4.47. The number of hydrogen-bond donors (Lipinski definition) is 2. The molecule has 0 radical (unpaired) electrons. The van der Waals surface area contributed by atoms with Crippen LogP contribution >= 0.6 is 23.2 Å². The topological polar surface area (TPSA) is 70.3 Å². The van der Waals surface area contributed by atoms with E-state index >= 15 is 0 Å². The molecule has 0 aliphatic heterocycles. The summed E-state index contributed by atoms with van der Waals surface area (Å²) in [6, 6.07) is 9.94. The summed E-state index contributed by atoms with van der Waals surface area (Å²) in [4.78, 5) is 11.3. The maximum atomic E-state index is 13.0. The molecule has 148 valence electrons. The number of H-pyrrole nitrogens is 1. The van der Waals surface area contributed by atoms with Crippen molar-refractivity contribution in [2.75, 3.05) is 0 Å². The molecule has 0 saturated heterocycles. The molecule has 2 aromatic heterocycles. The van der Waals surface area contributed by atoms with E-state index < -0.39 is 11.7 Å². The average molecular weight is 438 g/mol. The fraction of sp³-hybridized carbons (Fsp3) is 0.105. The van der Waals surface area contributed by atoms with Crippen molar-refractivity contribution in [3.8, 4) is 11.4 Å². The van der Waals surface area contributed by atoms with Crippen LogP contribution in [0.25, 0.3) is 22.6 Å². The molecule has 2 N–H and O–H groups in total. The van der Waals surface area contributed by atoms with Crippen molar-refractivity contribution in [3.05, 3.63) is 75.5 Å². The predicted octanol–water partition coefficient (Wildman–Crippen LogP) is 5.28. The van der Waals surface area contributed by atoms with Gasteiger partial charge in [0.2, 0.25) is 0 Å². The van der Waals surface area contributed by atoms with Crippen LogP contribution in [0, 0.1) is 5.41 Å². The van der Waals surface area contributed by atoms with Crippen LogP contribution in [-0.4, -0.2) is 19.5 Å². The molecule has 0 spiro atoms. The van der Waals surface area contributed by atoms with Crippen molar-refractivity contribution < 1.29 is 13.2 Å². The van der Waals surface area contributed by atoms with Gasteiger partial charge in [0.15, 0.2) is 11.1 Å². The van der Waals surface area contributed by atoms with Crippen molar-refractivity contribution >= 4 is 34.4 Å². The van der Waals surface area contributed by atoms with Gasteiger partial charge in [0.05, 0.1) is 18.4 Å². The number of benzene rings is 2. The molecule has 2 aromatic carbocycles. The van der Waals surface area contributed by atoms with Crippen LogP contribution in [-0.2, 0) is 12.7 Å². The van der Waals surface area contributed by atoms with Crippen LogP contribution < -0.4 is 5.49 Å². The van der Waals surface area contributed by atoms with Crippen molar-refractivity contribution in [1.82, 2.24) is 19.5 Å². The fourth-order valence-corrected chi connectivity index (χ4v) is 3.45. The number of fused-ring (bicyclic) bond motifs is 1. The van der Waals surface area contributed by atoms with Gasteiger partial charge in [-0.2, -0.15) is 13.2 Å². The molecule has 29 heavy (non-hydrogen) atoms. The third kappa shape index (κ3) is 3.73. The van der Waals surface area contributed by atoms with Gasteiger partial charge in [0, 0.05) is 21.2 Å². The average Bonchev–Trinajstić information content (AvgIpc) is 3.12. The standard InChI is InChI=1S/C19H12Cl2F3N5/c20-13-5-2-6-14(21)12(13)8-29-9-26-16(25)15-18(29)28-17(27-15)10-3-1-4-11(7-10)19(22,23)24/h1-7,9,25H,8H2,(H,27,28). The molecule has 0 aliphatic carbocycles. The summed E-state index contributed by atoms with van der Waals surface area (Å²) in [5.41, 5.74) is 0.683. The SMILES string of the molecule is N=c1ncn(Cc2c(Cl)cccc2Cl)c2nc(-c3cccc(C(F)(F)F)c3)[nH]c12. The Balaban J connectivity index is 1.84. The predicted molar refractivity (Wildman–Crippen MR) is 104 cm³/mol. The van der Waals surface area contributed by atoms with E-state index in [4.69, 9.17) is 28.6 Å². The summed E-state index contributed by atoms with van der Waals surface area (Å²) < 4.78 is 40.7. The monoisotopic (exact) mass is 437 g/mol. The Morgan fingerprint density at radius 2 is 1.76 bits per heavy atom. The van der Waals surface area contributed by atoms with Gasteiger partial charge in [-0.05, 0) is 24.3 Å². The first-order chi connectivity index (χ1) is 13.7. The maximum absolute atomic E-state index is 13.0. The first-order valence-corrected chi connectivity index (χ1v) is 9.10. The van der Waals surface area contributed by atoms with Gasteiger partial charge in [0.25, 0.3) is 0 Å². The Bertz CT molecular complexity index is 1260. The minimum absolute atomic E-state index is 0.0766. The van der Waals surface area contributed by atoms with E-state index in [0.29, 0.717) is 26.8 Å². The highest BCUT2D eigenvalue weighted by atomic mass is 35.5. The van der Waals surface area contributed by atoms with Crippen LogP contribution in [0.5, 0.6) is 0 Å². The number of rotatable bonds is 3. The van der Waals surface area contributed by atoms with Gasteiger partial charge in [0.1, 0.15) is 11.3 Å². The number of aromatic amines is 1. The summed E-state index contributed by atoms with van der Waals surface area (Å²) in [6.45, 7) is 0.231. The van der Waals surface area contributed by atoms with Crippen molar-refractivity contribution in [3.63, 3.8) is 0 Å². The van der Waals surface area contributed by atoms with E-state index in [0.717, 1.165) is 12.1 Å². The van der Waals surface area contributed by atoms with E-state index in [1.165, 1.54) is 18.5 Å². The molecule has 4 rings (SSSR count). The third-order valence-electron chi connectivity index (χ3n) is 4.37. The normalized spacial score (nSPS) is 11.9. The highest BCUT2D eigenvalue weighted by Gasteiger charge is 2.30. The Hall–Kier alpha value is -2.84. The molecule has 0 aliphatic rings.